The SMILES string of the molecule is CCOc1ccc(CN2CCN(CC(=O)O)CC2)cc1. The van der Waals surface area contributed by atoms with Crippen molar-refractivity contribution in [3.05, 3.63) is 29.8 Å². The molecule has 0 bridgehead atoms. The summed E-state index contributed by atoms with van der Waals surface area (Å²) in [4.78, 5) is 15.0. The topological polar surface area (TPSA) is 53.0 Å². The first-order valence-electron chi connectivity index (χ1n) is 7.05. The van der Waals surface area contributed by atoms with Gasteiger partial charge in [-0.2, -0.15) is 0 Å². The van der Waals surface area contributed by atoms with Crippen LogP contribution in [0.2, 0.25) is 0 Å². The van der Waals surface area contributed by atoms with Crippen molar-refractivity contribution in [1.29, 1.82) is 0 Å². The molecule has 0 saturated carbocycles. The summed E-state index contributed by atoms with van der Waals surface area (Å²) in [7, 11) is 0. The van der Waals surface area contributed by atoms with Gasteiger partial charge in [0.25, 0.3) is 0 Å². The number of piperazine rings is 1. The van der Waals surface area contributed by atoms with Crippen molar-refractivity contribution in [3.63, 3.8) is 0 Å². The van der Waals surface area contributed by atoms with Gasteiger partial charge in [-0.3, -0.25) is 14.6 Å². The average molecular weight is 278 g/mol. The van der Waals surface area contributed by atoms with E-state index in [1.165, 1.54) is 5.56 Å². The van der Waals surface area contributed by atoms with Crippen LogP contribution >= 0.6 is 0 Å². The molecule has 1 saturated heterocycles. The Hall–Kier alpha value is -1.59. The van der Waals surface area contributed by atoms with Crippen LogP contribution in [-0.2, 0) is 11.3 Å². The largest absolute Gasteiger partial charge is 0.494 e. The van der Waals surface area contributed by atoms with Crippen LogP contribution in [0, 0.1) is 0 Å². The molecule has 20 heavy (non-hydrogen) atoms. The molecule has 1 heterocycles. The molecule has 1 N–H and O–H groups in total. The highest BCUT2D eigenvalue weighted by Crippen LogP contribution is 2.14. The summed E-state index contributed by atoms with van der Waals surface area (Å²) in [6.07, 6.45) is 0. The number of ether oxygens (including phenoxy) is 1. The first-order valence-corrected chi connectivity index (χ1v) is 7.05. The molecule has 0 aliphatic carbocycles. The minimum absolute atomic E-state index is 0.150. The van der Waals surface area contributed by atoms with Gasteiger partial charge in [-0.05, 0) is 24.6 Å². The van der Waals surface area contributed by atoms with E-state index in [-0.39, 0.29) is 6.54 Å². The Morgan fingerprint density at radius 2 is 1.75 bits per heavy atom. The lowest BCUT2D eigenvalue weighted by molar-refractivity contribution is -0.138. The van der Waals surface area contributed by atoms with Gasteiger partial charge in [-0.15, -0.1) is 0 Å². The molecular weight excluding hydrogens is 256 g/mol. The zero-order chi connectivity index (χ0) is 14.4. The minimum Gasteiger partial charge on any atom is -0.494 e. The fourth-order valence-electron chi connectivity index (χ4n) is 2.41. The molecule has 5 heteroatoms. The standard InChI is InChI=1S/C15H22N2O3/c1-2-20-14-5-3-13(4-6-14)11-16-7-9-17(10-8-16)12-15(18)19/h3-6H,2,7-12H2,1H3,(H,18,19). The van der Waals surface area contributed by atoms with Crippen molar-refractivity contribution in [2.75, 3.05) is 39.3 Å². The summed E-state index contributed by atoms with van der Waals surface area (Å²) >= 11 is 0. The zero-order valence-corrected chi connectivity index (χ0v) is 11.9. The van der Waals surface area contributed by atoms with Crippen molar-refractivity contribution in [2.45, 2.75) is 13.5 Å². The monoisotopic (exact) mass is 278 g/mol. The number of nitrogens with zero attached hydrogens (tertiary/aromatic N) is 2. The third-order valence-electron chi connectivity index (χ3n) is 3.46. The number of rotatable bonds is 6. The predicted octanol–water partition coefficient (Wildman–Crippen LogP) is 1.29. The van der Waals surface area contributed by atoms with Gasteiger partial charge in [-0.25, -0.2) is 0 Å². The molecule has 0 amide bonds. The van der Waals surface area contributed by atoms with Gasteiger partial charge in [0, 0.05) is 32.7 Å². The molecule has 0 atom stereocenters. The van der Waals surface area contributed by atoms with Crippen LogP contribution in [0.3, 0.4) is 0 Å². The molecule has 5 nitrogen and oxygen atoms in total. The fraction of sp³-hybridized carbons (Fsp3) is 0.533. The summed E-state index contributed by atoms with van der Waals surface area (Å²) in [6.45, 7) is 7.20. The van der Waals surface area contributed by atoms with Gasteiger partial charge in [-0.1, -0.05) is 12.1 Å². The first-order chi connectivity index (χ1) is 9.67. The molecule has 1 aliphatic heterocycles. The molecule has 1 aromatic rings. The van der Waals surface area contributed by atoms with E-state index in [9.17, 15) is 4.79 Å². The number of carbonyl (C=O) groups is 1. The summed E-state index contributed by atoms with van der Waals surface area (Å²) in [5.41, 5.74) is 1.26. The van der Waals surface area contributed by atoms with E-state index in [2.05, 4.69) is 17.0 Å². The van der Waals surface area contributed by atoms with Crippen molar-refractivity contribution in [3.8, 4) is 5.75 Å². The highest BCUT2D eigenvalue weighted by atomic mass is 16.5. The van der Waals surface area contributed by atoms with Crippen molar-refractivity contribution < 1.29 is 14.6 Å². The highest BCUT2D eigenvalue weighted by Gasteiger charge is 2.18. The molecule has 0 spiro atoms. The first kappa shape index (κ1) is 14.8. The molecule has 1 fully saturated rings. The summed E-state index contributed by atoms with van der Waals surface area (Å²) < 4.78 is 5.43. The van der Waals surface area contributed by atoms with E-state index in [0.29, 0.717) is 6.61 Å². The third-order valence-corrected chi connectivity index (χ3v) is 3.46. The van der Waals surface area contributed by atoms with Gasteiger partial charge in [0.1, 0.15) is 5.75 Å². The molecule has 0 unspecified atom stereocenters. The van der Waals surface area contributed by atoms with Crippen LogP contribution in [-0.4, -0.2) is 60.2 Å². The second-order valence-corrected chi connectivity index (χ2v) is 5.02. The summed E-state index contributed by atoms with van der Waals surface area (Å²) in [5.74, 6) is 0.160. The number of aliphatic carboxylic acids is 1. The van der Waals surface area contributed by atoms with Crippen LogP contribution < -0.4 is 4.74 Å². The van der Waals surface area contributed by atoms with Gasteiger partial charge in [0.05, 0.1) is 13.2 Å². The van der Waals surface area contributed by atoms with E-state index >= 15 is 0 Å². The lowest BCUT2D eigenvalue weighted by Gasteiger charge is -2.33. The maximum Gasteiger partial charge on any atom is 0.317 e. The minimum atomic E-state index is -0.745. The van der Waals surface area contributed by atoms with Crippen molar-refractivity contribution in [2.24, 2.45) is 0 Å². The van der Waals surface area contributed by atoms with E-state index in [4.69, 9.17) is 9.84 Å². The zero-order valence-electron chi connectivity index (χ0n) is 11.9. The number of hydrogen-bond acceptors (Lipinski definition) is 4. The third kappa shape index (κ3) is 4.51. The number of hydrogen-bond donors (Lipinski definition) is 1. The van der Waals surface area contributed by atoms with Gasteiger partial charge >= 0.3 is 5.97 Å². The number of carboxylic acid groups (broad SMARTS) is 1. The molecule has 0 aromatic heterocycles. The Bertz CT molecular complexity index is 425. The van der Waals surface area contributed by atoms with Crippen LogP contribution in [0.1, 0.15) is 12.5 Å². The highest BCUT2D eigenvalue weighted by molar-refractivity contribution is 5.69. The number of carboxylic acids is 1. The van der Waals surface area contributed by atoms with E-state index < -0.39 is 5.97 Å². The molecular formula is C15H22N2O3. The van der Waals surface area contributed by atoms with Crippen molar-refractivity contribution in [1.82, 2.24) is 9.80 Å². The Labute approximate surface area is 119 Å². The fourth-order valence-corrected chi connectivity index (χ4v) is 2.41. The average Bonchev–Trinajstić information content (AvgIpc) is 2.43. The van der Waals surface area contributed by atoms with Crippen LogP contribution in [0.5, 0.6) is 5.75 Å². The maximum absolute atomic E-state index is 10.7. The Morgan fingerprint density at radius 1 is 1.15 bits per heavy atom. The summed E-state index contributed by atoms with van der Waals surface area (Å²) in [5, 5.41) is 8.77. The van der Waals surface area contributed by atoms with E-state index in [1.807, 2.05) is 24.0 Å². The van der Waals surface area contributed by atoms with Gasteiger partial charge in [0.2, 0.25) is 0 Å². The van der Waals surface area contributed by atoms with E-state index in [0.717, 1.165) is 38.5 Å². The maximum atomic E-state index is 10.7. The second kappa shape index (κ2) is 7.26. The Morgan fingerprint density at radius 3 is 2.30 bits per heavy atom. The van der Waals surface area contributed by atoms with Gasteiger partial charge < -0.3 is 9.84 Å². The molecule has 1 aliphatic rings. The predicted molar refractivity (Wildman–Crippen MR) is 77.0 cm³/mol. The molecule has 110 valence electrons. The lowest BCUT2D eigenvalue weighted by Crippen LogP contribution is -2.47. The second-order valence-electron chi connectivity index (χ2n) is 5.02. The van der Waals surface area contributed by atoms with Crippen LogP contribution in [0.4, 0.5) is 0 Å². The van der Waals surface area contributed by atoms with Gasteiger partial charge in [0.15, 0.2) is 0 Å². The lowest BCUT2D eigenvalue weighted by atomic mass is 10.2. The quantitative estimate of drug-likeness (QED) is 0.849. The number of benzene rings is 1. The normalized spacial score (nSPS) is 17.1. The van der Waals surface area contributed by atoms with Crippen LogP contribution in [0.25, 0.3) is 0 Å². The van der Waals surface area contributed by atoms with Crippen molar-refractivity contribution >= 4 is 5.97 Å². The molecule has 1 aromatic carbocycles. The van der Waals surface area contributed by atoms with Crippen LogP contribution in [0.15, 0.2) is 24.3 Å². The summed E-state index contributed by atoms with van der Waals surface area (Å²) in [6, 6.07) is 8.18. The smallest absolute Gasteiger partial charge is 0.317 e. The Balaban J connectivity index is 1.78. The Kier molecular flexibility index (Phi) is 5.38. The molecule has 2 rings (SSSR count). The molecule has 0 radical (unpaired) electrons. The van der Waals surface area contributed by atoms with E-state index in [1.54, 1.807) is 0 Å².